The van der Waals surface area contributed by atoms with E-state index in [0.29, 0.717) is 19.6 Å². The lowest BCUT2D eigenvalue weighted by Crippen LogP contribution is -2.04. The molecule has 0 aliphatic rings. The fourth-order valence-electron chi connectivity index (χ4n) is 2.45. The van der Waals surface area contributed by atoms with E-state index in [1.807, 2.05) is 19.1 Å². The van der Waals surface area contributed by atoms with Gasteiger partial charge in [0.2, 0.25) is 0 Å². The van der Waals surface area contributed by atoms with Crippen molar-refractivity contribution in [2.75, 3.05) is 13.2 Å². The smallest absolute Gasteiger partial charge is 0.305 e. The maximum Gasteiger partial charge on any atom is 0.305 e. The van der Waals surface area contributed by atoms with Crippen molar-refractivity contribution in [3.05, 3.63) is 42.0 Å². The zero-order valence-electron chi connectivity index (χ0n) is 13.4. The van der Waals surface area contributed by atoms with Crippen LogP contribution in [0.1, 0.15) is 38.2 Å². The Bertz CT molecular complexity index is 619. The first-order valence-corrected chi connectivity index (χ1v) is 7.98. The summed E-state index contributed by atoms with van der Waals surface area (Å²) in [6, 6.07) is 12.6. The van der Waals surface area contributed by atoms with Gasteiger partial charge < -0.3 is 9.47 Å². The van der Waals surface area contributed by atoms with E-state index in [9.17, 15) is 4.79 Å². The fraction of sp³-hybridized carbons (Fsp3) is 0.421. The van der Waals surface area contributed by atoms with Crippen LogP contribution in [0.4, 0.5) is 0 Å². The van der Waals surface area contributed by atoms with Crippen LogP contribution in [0.15, 0.2) is 36.4 Å². The highest BCUT2D eigenvalue weighted by Crippen LogP contribution is 2.25. The average molecular weight is 300 g/mol. The summed E-state index contributed by atoms with van der Waals surface area (Å²) in [6.07, 6.45) is 3.29. The molecule has 3 heteroatoms. The van der Waals surface area contributed by atoms with Gasteiger partial charge in [-0.1, -0.05) is 24.3 Å². The summed E-state index contributed by atoms with van der Waals surface area (Å²) < 4.78 is 10.8. The van der Waals surface area contributed by atoms with E-state index in [-0.39, 0.29) is 5.97 Å². The number of carbonyl (C=O) groups excluding carboxylic acids is 1. The van der Waals surface area contributed by atoms with E-state index in [4.69, 9.17) is 9.47 Å². The second-order valence-electron chi connectivity index (χ2n) is 5.43. The molecule has 0 N–H and O–H groups in total. The topological polar surface area (TPSA) is 35.5 Å². The maximum absolute atomic E-state index is 11.2. The molecule has 0 radical (unpaired) electrons. The molecule has 3 nitrogen and oxygen atoms in total. The standard InChI is InChI=1S/C19H24O3/c1-3-21-19(20)11-5-4-8-12-22-18-14-17-10-7-6-9-16(17)13-15(18)2/h6-7,9-10,13-14H,3-5,8,11-12H2,1-2H3. The highest BCUT2D eigenvalue weighted by atomic mass is 16.5. The number of benzene rings is 2. The first kappa shape index (κ1) is 16.3. The number of rotatable bonds is 8. The molecule has 0 heterocycles. The Kier molecular flexibility index (Phi) is 6.26. The molecule has 0 aromatic heterocycles. The molecule has 0 saturated carbocycles. The summed E-state index contributed by atoms with van der Waals surface area (Å²) in [5.74, 6) is 0.845. The third kappa shape index (κ3) is 4.76. The van der Waals surface area contributed by atoms with E-state index < -0.39 is 0 Å². The van der Waals surface area contributed by atoms with Crippen molar-refractivity contribution >= 4 is 16.7 Å². The molecule has 2 rings (SSSR count). The van der Waals surface area contributed by atoms with Crippen LogP contribution in [0, 0.1) is 6.92 Å². The Morgan fingerprint density at radius 1 is 1.05 bits per heavy atom. The fourth-order valence-corrected chi connectivity index (χ4v) is 2.45. The van der Waals surface area contributed by atoms with Gasteiger partial charge in [-0.3, -0.25) is 4.79 Å². The Labute approximate surface area is 132 Å². The van der Waals surface area contributed by atoms with Crippen LogP contribution in [0.3, 0.4) is 0 Å². The van der Waals surface area contributed by atoms with Crippen molar-refractivity contribution in [1.82, 2.24) is 0 Å². The van der Waals surface area contributed by atoms with Crippen molar-refractivity contribution in [3.8, 4) is 5.75 Å². The van der Waals surface area contributed by atoms with Gasteiger partial charge in [-0.25, -0.2) is 0 Å². The molecule has 0 fully saturated rings. The highest BCUT2D eigenvalue weighted by molar-refractivity contribution is 5.84. The second-order valence-corrected chi connectivity index (χ2v) is 5.43. The Balaban J connectivity index is 1.75. The summed E-state index contributed by atoms with van der Waals surface area (Å²) in [5, 5.41) is 2.44. The van der Waals surface area contributed by atoms with Crippen LogP contribution in [0.2, 0.25) is 0 Å². The molecule has 0 atom stereocenters. The summed E-state index contributed by atoms with van der Waals surface area (Å²) in [6.45, 7) is 5.05. The van der Waals surface area contributed by atoms with E-state index in [0.717, 1.165) is 30.6 Å². The van der Waals surface area contributed by atoms with Gasteiger partial charge in [0.15, 0.2) is 0 Å². The van der Waals surface area contributed by atoms with E-state index in [2.05, 4.69) is 31.2 Å². The SMILES string of the molecule is CCOC(=O)CCCCCOc1cc2ccccc2cc1C. The highest BCUT2D eigenvalue weighted by Gasteiger charge is 2.03. The van der Waals surface area contributed by atoms with Gasteiger partial charge >= 0.3 is 5.97 Å². The van der Waals surface area contributed by atoms with Crippen molar-refractivity contribution in [3.63, 3.8) is 0 Å². The molecule has 0 aliphatic heterocycles. The third-order valence-corrected chi connectivity index (χ3v) is 3.63. The largest absolute Gasteiger partial charge is 0.493 e. The number of aryl methyl sites for hydroxylation is 1. The molecule has 0 spiro atoms. The van der Waals surface area contributed by atoms with Gasteiger partial charge in [0.05, 0.1) is 13.2 Å². The molecule has 22 heavy (non-hydrogen) atoms. The molecular formula is C19H24O3. The first-order valence-electron chi connectivity index (χ1n) is 7.98. The predicted octanol–water partition coefficient (Wildman–Crippen LogP) is 4.65. The van der Waals surface area contributed by atoms with Gasteiger partial charge in [-0.2, -0.15) is 0 Å². The van der Waals surface area contributed by atoms with Gasteiger partial charge in [-0.05, 0) is 61.6 Å². The molecular weight excluding hydrogens is 276 g/mol. The van der Waals surface area contributed by atoms with Crippen molar-refractivity contribution in [2.45, 2.75) is 39.5 Å². The lowest BCUT2D eigenvalue weighted by Gasteiger charge is -2.10. The van der Waals surface area contributed by atoms with Gasteiger partial charge in [0.25, 0.3) is 0 Å². The van der Waals surface area contributed by atoms with Gasteiger partial charge in [-0.15, -0.1) is 0 Å². The molecule has 2 aromatic carbocycles. The summed E-state index contributed by atoms with van der Waals surface area (Å²) in [5.41, 5.74) is 1.16. The molecule has 0 aliphatic carbocycles. The summed E-state index contributed by atoms with van der Waals surface area (Å²) in [4.78, 5) is 11.2. The van der Waals surface area contributed by atoms with E-state index >= 15 is 0 Å². The number of esters is 1. The van der Waals surface area contributed by atoms with Crippen LogP contribution in [0.5, 0.6) is 5.75 Å². The maximum atomic E-state index is 11.2. The number of unbranched alkanes of at least 4 members (excludes halogenated alkanes) is 2. The third-order valence-electron chi connectivity index (χ3n) is 3.63. The molecule has 0 unspecified atom stereocenters. The lowest BCUT2D eigenvalue weighted by molar-refractivity contribution is -0.143. The minimum atomic E-state index is -0.103. The number of carbonyl (C=O) groups is 1. The quantitative estimate of drug-likeness (QED) is 0.526. The van der Waals surface area contributed by atoms with Crippen LogP contribution in [-0.2, 0) is 9.53 Å². The zero-order chi connectivity index (χ0) is 15.8. The Hall–Kier alpha value is -2.03. The molecule has 0 bridgehead atoms. The van der Waals surface area contributed by atoms with Crippen molar-refractivity contribution in [2.24, 2.45) is 0 Å². The molecule has 0 amide bonds. The van der Waals surface area contributed by atoms with Crippen LogP contribution in [-0.4, -0.2) is 19.2 Å². The van der Waals surface area contributed by atoms with E-state index in [1.54, 1.807) is 0 Å². The number of fused-ring (bicyclic) bond motifs is 1. The molecule has 0 saturated heterocycles. The van der Waals surface area contributed by atoms with Gasteiger partial charge in [0, 0.05) is 6.42 Å². The minimum Gasteiger partial charge on any atom is -0.493 e. The average Bonchev–Trinajstić information content (AvgIpc) is 2.51. The summed E-state index contributed by atoms with van der Waals surface area (Å²) in [7, 11) is 0. The lowest BCUT2D eigenvalue weighted by atomic mass is 10.1. The predicted molar refractivity (Wildman–Crippen MR) is 89.3 cm³/mol. The number of ether oxygens (including phenoxy) is 2. The van der Waals surface area contributed by atoms with Gasteiger partial charge in [0.1, 0.15) is 5.75 Å². The minimum absolute atomic E-state index is 0.103. The van der Waals surface area contributed by atoms with Crippen molar-refractivity contribution in [1.29, 1.82) is 0 Å². The Morgan fingerprint density at radius 3 is 2.50 bits per heavy atom. The van der Waals surface area contributed by atoms with E-state index in [1.165, 1.54) is 10.8 Å². The van der Waals surface area contributed by atoms with Crippen LogP contribution in [0.25, 0.3) is 10.8 Å². The van der Waals surface area contributed by atoms with Crippen LogP contribution >= 0.6 is 0 Å². The Morgan fingerprint density at radius 2 is 1.77 bits per heavy atom. The second kappa shape index (κ2) is 8.42. The van der Waals surface area contributed by atoms with Crippen LogP contribution < -0.4 is 4.74 Å². The number of hydrogen-bond acceptors (Lipinski definition) is 3. The zero-order valence-corrected chi connectivity index (χ0v) is 13.4. The molecule has 2 aromatic rings. The number of hydrogen-bond donors (Lipinski definition) is 0. The molecule has 118 valence electrons. The monoisotopic (exact) mass is 300 g/mol. The summed E-state index contributed by atoms with van der Waals surface area (Å²) >= 11 is 0. The first-order chi connectivity index (χ1) is 10.7. The normalized spacial score (nSPS) is 10.6. The van der Waals surface area contributed by atoms with Crippen molar-refractivity contribution < 1.29 is 14.3 Å².